The Morgan fingerprint density at radius 1 is 0.882 bits per heavy atom. The first kappa shape index (κ1) is 13.2. The third kappa shape index (κ3) is 1.89. The molecule has 0 aromatic heterocycles. The molecule has 92 valence electrons. The maximum Gasteiger partial charge on any atom is 0.114 e. The standard InChI is InChI=1S/C14H18Cl2Si/c1-11-5-7-13(15,9-11)17(3,4)14(16)8-6-12(2)10-14/h5-10H,1-4H3. The van der Waals surface area contributed by atoms with Gasteiger partial charge in [-0.05, 0) is 13.8 Å². The third-order valence-electron chi connectivity index (χ3n) is 3.97. The fourth-order valence-electron chi connectivity index (χ4n) is 2.43. The molecule has 17 heavy (non-hydrogen) atoms. The van der Waals surface area contributed by atoms with Crippen LogP contribution in [0.3, 0.4) is 0 Å². The molecule has 0 saturated heterocycles. The number of hydrogen-bond acceptors (Lipinski definition) is 0. The van der Waals surface area contributed by atoms with E-state index in [1.165, 1.54) is 11.1 Å². The van der Waals surface area contributed by atoms with Crippen LogP contribution in [-0.2, 0) is 0 Å². The summed E-state index contributed by atoms with van der Waals surface area (Å²) in [5, 5.41) is 0. The van der Waals surface area contributed by atoms with E-state index in [1.54, 1.807) is 0 Å². The molecule has 0 N–H and O–H groups in total. The molecule has 0 nitrogen and oxygen atoms in total. The molecule has 2 unspecified atom stereocenters. The van der Waals surface area contributed by atoms with E-state index in [9.17, 15) is 0 Å². The Bertz CT molecular complexity index is 429. The summed E-state index contributed by atoms with van der Waals surface area (Å²) in [7, 11) is -1.96. The van der Waals surface area contributed by atoms with Crippen LogP contribution in [-0.4, -0.2) is 17.1 Å². The normalized spacial score (nSPS) is 36.4. The molecule has 2 atom stereocenters. The van der Waals surface area contributed by atoms with Gasteiger partial charge in [0.1, 0.15) is 8.07 Å². The molecule has 0 fully saturated rings. The largest absolute Gasteiger partial charge is 0.114 e. The molecule has 3 heteroatoms. The van der Waals surface area contributed by atoms with Gasteiger partial charge in [-0.25, -0.2) is 0 Å². The van der Waals surface area contributed by atoms with Gasteiger partial charge in [0.05, 0.1) is 8.99 Å². The zero-order valence-electron chi connectivity index (χ0n) is 10.7. The molecule has 0 saturated carbocycles. The minimum atomic E-state index is -1.96. The quantitative estimate of drug-likeness (QED) is 0.507. The monoisotopic (exact) mass is 284 g/mol. The fourth-order valence-corrected chi connectivity index (χ4v) is 6.75. The van der Waals surface area contributed by atoms with E-state index in [-0.39, 0.29) is 8.99 Å². The van der Waals surface area contributed by atoms with E-state index >= 15 is 0 Å². The second-order valence-electron chi connectivity index (χ2n) is 5.60. The summed E-state index contributed by atoms with van der Waals surface area (Å²) < 4.78 is -0.769. The Labute approximate surface area is 115 Å². The van der Waals surface area contributed by atoms with E-state index in [4.69, 9.17) is 23.2 Å². The van der Waals surface area contributed by atoms with E-state index < -0.39 is 8.07 Å². The summed E-state index contributed by atoms with van der Waals surface area (Å²) >= 11 is 13.7. The van der Waals surface area contributed by atoms with Crippen LogP contribution in [0.25, 0.3) is 0 Å². The first-order valence-electron chi connectivity index (χ1n) is 5.85. The fraction of sp³-hybridized carbons (Fsp3) is 0.429. The van der Waals surface area contributed by atoms with Crippen molar-refractivity contribution in [3.8, 4) is 0 Å². The molecular weight excluding hydrogens is 267 g/mol. The van der Waals surface area contributed by atoms with Gasteiger partial charge >= 0.3 is 0 Å². The Hall–Kier alpha value is -0.243. The molecule has 0 aliphatic heterocycles. The highest BCUT2D eigenvalue weighted by molar-refractivity contribution is 6.97. The first-order chi connectivity index (χ1) is 7.70. The Kier molecular flexibility index (Phi) is 3.01. The van der Waals surface area contributed by atoms with Crippen LogP contribution >= 0.6 is 23.2 Å². The highest BCUT2D eigenvalue weighted by Gasteiger charge is 2.55. The highest BCUT2D eigenvalue weighted by Crippen LogP contribution is 2.47. The van der Waals surface area contributed by atoms with E-state index in [2.05, 4.69) is 63.4 Å². The van der Waals surface area contributed by atoms with E-state index in [0.717, 1.165) is 0 Å². The van der Waals surface area contributed by atoms with Crippen molar-refractivity contribution in [1.29, 1.82) is 0 Å². The SMILES string of the molecule is CC1=CC(Cl)([Si](C)(C)C2(Cl)C=CC(C)=C2)C=C1. The predicted octanol–water partition coefficient (Wildman–Crippen LogP) is 4.76. The number of allylic oxidation sites excluding steroid dienone is 8. The van der Waals surface area contributed by atoms with Crippen LogP contribution < -0.4 is 0 Å². The van der Waals surface area contributed by atoms with Gasteiger partial charge in [0.2, 0.25) is 0 Å². The van der Waals surface area contributed by atoms with Gasteiger partial charge in [-0.2, -0.15) is 0 Å². The second kappa shape index (κ2) is 3.88. The molecule has 0 heterocycles. The van der Waals surface area contributed by atoms with Crippen molar-refractivity contribution in [2.45, 2.75) is 35.9 Å². The summed E-state index contributed by atoms with van der Waals surface area (Å²) in [6, 6.07) is 0. The summed E-state index contributed by atoms with van der Waals surface area (Å²) in [4.78, 5) is 0. The van der Waals surface area contributed by atoms with Crippen LogP contribution in [0.4, 0.5) is 0 Å². The van der Waals surface area contributed by atoms with Crippen molar-refractivity contribution in [1.82, 2.24) is 0 Å². The van der Waals surface area contributed by atoms with E-state index in [0.29, 0.717) is 0 Å². The lowest BCUT2D eigenvalue weighted by Gasteiger charge is -2.43. The van der Waals surface area contributed by atoms with Crippen LogP contribution in [0.1, 0.15) is 13.8 Å². The lowest BCUT2D eigenvalue weighted by molar-refractivity contribution is 1.07. The number of alkyl halides is 2. The molecule has 0 aromatic rings. The molecular formula is C14H18Cl2Si. The smallest absolute Gasteiger partial charge is 0.114 e. The lowest BCUT2D eigenvalue weighted by Crippen LogP contribution is -2.60. The molecule has 0 radical (unpaired) electrons. The minimum absolute atomic E-state index is 0.385. The van der Waals surface area contributed by atoms with Crippen molar-refractivity contribution >= 4 is 31.3 Å². The zero-order chi connectivity index (χ0) is 12.9. The van der Waals surface area contributed by atoms with Crippen molar-refractivity contribution in [2.24, 2.45) is 0 Å². The van der Waals surface area contributed by atoms with Gasteiger partial charge < -0.3 is 0 Å². The summed E-state index contributed by atoms with van der Waals surface area (Å²) in [6.45, 7) is 8.67. The third-order valence-corrected chi connectivity index (χ3v) is 11.7. The van der Waals surface area contributed by atoms with Crippen LogP contribution in [0.2, 0.25) is 13.1 Å². The molecule has 0 amide bonds. The maximum atomic E-state index is 6.83. The van der Waals surface area contributed by atoms with Crippen LogP contribution in [0, 0.1) is 0 Å². The predicted molar refractivity (Wildman–Crippen MR) is 80.4 cm³/mol. The lowest BCUT2D eigenvalue weighted by atomic mass is 10.3. The summed E-state index contributed by atoms with van der Waals surface area (Å²) in [5.74, 6) is 0. The van der Waals surface area contributed by atoms with Gasteiger partial charge in [0.25, 0.3) is 0 Å². The van der Waals surface area contributed by atoms with Gasteiger partial charge in [-0.15, -0.1) is 23.2 Å². The Morgan fingerprint density at radius 2 is 1.24 bits per heavy atom. The van der Waals surface area contributed by atoms with Crippen molar-refractivity contribution < 1.29 is 0 Å². The topological polar surface area (TPSA) is 0 Å². The average molecular weight is 285 g/mol. The van der Waals surface area contributed by atoms with Gasteiger partial charge in [0, 0.05) is 0 Å². The maximum absolute atomic E-state index is 6.83. The van der Waals surface area contributed by atoms with Crippen molar-refractivity contribution in [3.05, 3.63) is 47.6 Å². The second-order valence-corrected chi connectivity index (χ2v) is 12.4. The van der Waals surface area contributed by atoms with Gasteiger partial charge in [-0.3, -0.25) is 0 Å². The molecule has 2 aliphatic rings. The zero-order valence-corrected chi connectivity index (χ0v) is 13.2. The van der Waals surface area contributed by atoms with Crippen LogP contribution in [0.15, 0.2) is 47.6 Å². The Morgan fingerprint density at radius 3 is 1.47 bits per heavy atom. The molecule has 0 spiro atoms. The van der Waals surface area contributed by atoms with Crippen molar-refractivity contribution in [2.75, 3.05) is 0 Å². The van der Waals surface area contributed by atoms with Crippen molar-refractivity contribution in [3.63, 3.8) is 0 Å². The molecule has 2 aliphatic carbocycles. The van der Waals surface area contributed by atoms with Gasteiger partial charge in [0.15, 0.2) is 0 Å². The number of hydrogen-bond donors (Lipinski definition) is 0. The Balaban J connectivity index is 2.45. The van der Waals surface area contributed by atoms with Gasteiger partial charge in [-0.1, -0.05) is 60.7 Å². The number of halogens is 2. The van der Waals surface area contributed by atoms with E-state index in [1.807, 2.05) is 0 Å². The molecule has 2 rings (SSSR count). The molecule has 0 bridgehead atoms. The molecule has 0 aromatic carbocycles. The average Bonchev–Trinajstić information content (AvgIpc) is 2.73. The minimum Gasteiger partial charge on any atom is -0.114 e. The summed E-state index contributed by atoms with van der Waals surface area (Å²) in [6.07, 6.45) is 12.7. The number of rotatable bonds is 2. The van der Waals surface area contributed by atoms with Crippen LogP contribution in [0.5, 0.6) is 0 Å². The summed E-state index contributed by atoms with van der Waals surface area (Å²) in [5.41, 5.74) is 2.45. The highest BCUT2D eigenvalue weighted by atomic mass is 35.5. The first-order valence-corrected chi connectivity index (χ1v) is 9.61.